The van der Waals surface area contributed by atoms with E-state index in [1.807, 2.05) is 0 Å². The molecule has 0 aliphatic carbocycles. The average Bonchev–Trinajstić information content (AvgIpc) is 2.61. The van der Waals surface area contributed by atoms with Crippen LogP contribution in [0.1, 0.15) is 25.7 Å². The van der Waals surface area contributed by atoms with Crippen LogP contribution in [-0.2, 0) is 9.59 Å². The van der Waals surface area contributed by atoms with Gasteiger partial charge in [0, 0.05) is 37.0 Å². The van der Waals surface area contributed by atoms with E-state index in [1.54, 1.807) is 4.90 Å². The summed E-state index contributed by atoms with van der Waals surface area (Å²) in [5, 5.41) is 2.81. The Kier molecular flexibility index (Phi) is 7.64. The highest BCUT2D eigenvalue weighted by molar-refractivity contribution is 8.00. The molecule has 2 amide bonds. The van der Waals surface area contributed by atoms with Crippen LogP contribution >= 0.6 is 11.8 Å². The fraction of sp³-hybridized carbons (Fsp3) is 0.529. The molecule has 5 nitrogen and oxygen atoms in total. The van der Waals surface area contributed by atoms with Gasteiger partial charge in [0.1, 0.15) is 0 Å². The number of amides is 2. The summed E-state index contributed by atoms with van der Waals surface area (Å²) >= 11 is 1.18. The van der Waals surface area contributed by atoms with E-state index >= 15 is 0 Å². The number of thioether (sulfide) groups is 1. The Labute approximate surface area is 150 Å². The van der Waals surface area contributed by atoms with Crippen molar-refractivity contribution >= 4 is 23.6 Å². The summed E-state index contributed by atoms with van der Waals surface area (Å²) < 4.78 is 26.2. The molecule has 2 rings (SSSR count). The van der Waals surface area contributed by atoms with Gasteiger partial charge >= 0.3 is 0 Å². The first-order chi connectivity index (χ1) is 12.0. The number of hydrogen-bond donors (Lipinski definition) is 2. The van der Waals surface area contributed by atoms with E-state index in [-0.39, 0.29) is 30.0 Å². The molecule has 3 N–H and O–H groups in total. The third kappa shape index (κ3) is 5.97. The van der Waals surface area contributed by atoms with Crippen molar-refractivity contribution in [1.82, 2.24) is 10.2 Å². The molecule has 1 heterocycles. The van der Waals surface area contributed by atoms with Crippen LogP contribution in [0.5, 0.6) is 0 Å². The number of nitrogens with one attached hydrogen (secondary N) is 1. The monoisotopic (exact) mass is 371 g/mol. The van der Waals surface area contributed by atoms with Gasteiger partial charge in [-0.3, -0.25) is 9.59 Å². The van der Waals surface area contributed by atoms with Crippen molar-refractivity contribution in [2.45, 2.75) is 36.6 Å². The van der Waals surface area contributed by atoms with E-state index in [2.05, 4.69) is 5.32 Å². The normalized spacial score (nSPS) is 17.4. The summed E-state index contributed by atoms with van der Waals surface area (Å²) in [6.07, 6.45) is 3.05. The molecular weight excluding hydrogens is 348 g/mol. The molecule has 138 valence electrons. The van der Waals surface area contributed by atoms with Crippen molar-refractivity contribution < 1.29 is 18.4 Å². The van der Waals surface area contributed by atoms with Gasteiger partial charge in [0.2, 0.25) is 11.8 Å². The van der Waals surface area contributed by atoms with Gasteiger partial charge in [-0.05, 0) is 37.5 Å². The molecule has 1 fully saturated rings. The number of likely N-dealkylation sites (tertiary alicyclic amines) is 1. The van der Waals surface area contributed by atoms with Gasteiger partial charge in [-0.2, -0.15) is 0 Å². The molecule has 1 atom stereocenters. The third-order valence-corrected chi connectivity index (χ3v) is 5.09. The summed E-state index contributed by atoms with van der Waals surface area (Å²) in [5.74, 6) is -1.85. The average molecular weight is 371 g/mol. The number of piperidine rings is 1. The van der Waals surface area contributed by atoms with Crippen LogP contribution in [0.25, 0.3) is 0 Å². The lowest BCUT2D eigenvalue weighted by molar-refractivity contribution is -0.132. The Morgan fingerprint density at radius 1 is 1.28 bits per heavy atom. The lowest BCUT2D eigenvalue weighted by Crippen LogP contribution is -2.50. The molecule has 1 aromatic rings. The van der Waals surface area contributed by atoms with Crippen LogP contribution in [-0.4, -0.2) is 48.1 Å². The van der Waals surface area contributed by atoms with Crippen LogP contribution in [0.4, 0.5) is 8.78 Å². The van der Waals surface area contributed by atoms with E-state index < -0.39 is 11.6 Å². The van der Waals surface area contributed by atoms with E-state index in [1.165, 1.54) is 17.8 Å². The number of benzene rings is 1. The molecule has 1 aliphatic rings. The smallest absolute Gasteiger partial charge is 0.233 e. The Bertz CT molecular complexity index is 616. The number of nitrogens with two attached hydrogens (primary N) is 1. The van der Waals surface area contributed by atoms with Gasteiger partial charge in [-0.1, -0.05) is 0 Å². The summed E-state index contributed by atoms with van der Waals surface area (Å²) in [7, 11) is 0. The second-order valence-corrected chi connectivity index (χ2v) is 6.99. The number of rotatable bonds is 7. The first-order valence-corrected chi connectivity index (χ1v) is 9.34. The predicted octanol–water partition coefficient (Wildman–Crippen LogP) is 1.90. The SMILES string of the molecule is NCCC(=O)NCC1CCCCN1C(=O)CSc1ccc(F)c(F)c1. The molecule has 1 unspecified atom stereocenters. The van der Waals surface area contributed by atoms with Crippen LogP contribution in [0.15, 0.2) is 23.1 Å². The summed E-state index contributed by atoms with van der Waals surface area (Å²) in [5.41, 5.74) is 5.35. The minimum atomic E-state index is -0.920. The highest BCUT2D eigenvalue weighted by Crippen LogP contribution is 2.23. The van der Waals surface area contributed by atoms with Crippen molar-refractivity contribution in [1.29, 1.82) is 0 Å². The molecule has 25 heavy (non-hydrogen) atoms. The maximum absolute atomic E-state index is 13.2. The van der Waals surface area contributed by atoms with Crippen molar-refractivity contribution in [2.75, 3.05) is 25.4 Å². The minimum absolute atomic E-state index is 0.0338. The third-order valence-electron chi connectivity index (χ3n) is 4.11. The number of carbonyl (C=O) groups is 2. The van der Waals surface area contributed by atoms with E-state index in [0.717, 1.165) is 31.4 Å². The zero-order valence-corrected chi connectivity index (χ0v) is 14.8. The lowest BCUT2D eigenvalue weighted by atomic mass is 10.0. The Morgan fingerprint density at radius 3 is 2.80 bits per heavy atom. The van der Waals surface area contributed by atoms with E-state index in [4.69, 9.17) is 5.73 Å². The first-order valence-electron chi connectivity index (χ1n) is 8.35. The van der Waals surface area contributed by atoms with Gasteiger partial charge in [0.05, 0.1) is 5.75 Å². The molecule has 1 aromatic carbocycles. The molecule has 1 aliphatic heterocycles. The fourth-order valence-corrected chi connectivity index (χ4v) is 3.59. The predicted molar refractivity (Wildman–Crippen MR) is 93.1 cm³/mol. The van der Waals surface area contributed by atoms with Gasteiger partial charge in [-0.15, -0.1) is 11.8 Å². The summed E-state index contributed by atoms with van der Waals surface area (Å²) in [4.78, 5) is 26.4. The van der Waals surface area contributed by atoms with Crippen molar-refractivity contribution in [3.05, 3.63) is 29.8 Å². The molecule has 0 aromatic heterocycles. The molecule has 0 saturated carbocycles. The fourth-order valence-electron chi connectivity index (χ4n) is 2.79. The molecule has 8 heteroatoms. The zero-order chi connectivity index (χ0) is 18.2. The Morgan fingerprint density at radius 2 is 2.08 bits per heavy atom. The minimum Gasteiger partial charge on any atom is -0.354 e. The van der Waals surface area contributed by atoms with Gasteiger partial charge < -0.3 is 16.0 Å². The van der Waals surface area contributed by atoms with Crippen molar-refractivity contribution in [2.24, 2.45) is 5.73 Å². The van der Waals surface area contributed by atoms with E-state index in [0.29, 0.717) is 24.5 Å². The maximum Gasteiger partial charge on any atom is 0.233 e. The van der Waals surface area contributed by atoms with Crippen molar-refractivity contribution in [3.8, 4) is 0 Å². The highest BCUT2D eigenvalue weighted by Gasteiger charge is 2.26. The standard InChI is InChI=1S/C17H23F2N3O2S/c18-14-5-4-13(9-15(14)19)25-11-17(24)22-8-2-1-3-12(22)10-21-16(23)6-7-20/h4-5,9,12H,1-3,6-8,10-11,20H2,(H,21,23). The van der Waals surface area contributed by atoms with Crippen LogP contribution in [0.3, 0.4) is 0 Å². The van der Waals surface area contributed by atoms with Crippen LogP contribution < -0.4 is 11.1 Å². The molecular formula is C17H23F2N3O2S. The largest absolute Gasteiger partial charge is 0.354 e. The second kappa shape index (κ2) is 9.72. The summed E-state index contributed by atoms with van der Waals surface area (Å²) in [6, 6.07) is 3.57. The number of nitrogens with zero attached hydrogens (tertiary/aromatic N) is 1. The lowest BCUT2D eigenvalue weighted by Gasteiger charge is -2.36. The number of hydrogen-bond acceptors (Lipinski definition) is 4. The molecule has 0 radical (unpaired) electrons. The van der Waals surface area contributed by atoms with E-state index in [9.17, 15) is 18.4 Å². The van der Waals surface area contributed by atoms with Gasteiger partial charge in [-0.25, -0.2) is 8.78 Å². The van der Waals surface area contributed by atoms with Crippen LogP contribution in [0.2, 0.25) is 0 Å². The topological polar surface area (TPSA) is 75.4 Å². The van der Waals surface area contributed by atoms with Crippen molar-refractivity contribution in [3.63, 3.8) is 0 Å². The maximum atomic E-state index is 13.2. The quantitative estimate of drug-likeness (QED) is 0.718. The number of carbonyl (C=O) groups excluding carboxylic acids is 2. The van der Waals surface area contributed by atoms with Gasteiger partial charge in [0.25, 0.3) is 0 Å². The second-order valence-electron chi connectivity index (χ2n) is 5.94. The zero-order valence-electron chi connectivity index (χ0n) is 14.0. The molecule has 0 spiro atoms. The Hall–Kier alpha value is -1.67. The van der Waals surface area contributed by atoms with Gasteiger partial charge in [0.15, 0.2) is 11.6 Å². The van der Waals surface area contributed by atoms with Crippen LogP contribution in [0, 0.1) is 11.6 Å². The first kappa shape index (κ1) is 19.7. The molecule has 1 saturated heterocycles. The molecule has 0 bridgehead atoms. The number of halogens is 2. The Balaban J connectivity index is 1.88. The summed E-state index contributed by atoms with van der Waals surface area (Å²) in [6.45, 7) is 1.36. The highest BCUT2D eigenvalue weighted by atomic mass is 32.2.